The van der Waals surface area contributed by atoms with Gasteiger partial charge in [0.2, 0.25) is 0 Å². The molecule has 2 heterocycles. The lowest BCUT2D eigenvalue weighted by molar-refractivity contribution is 0.0652. The van der Waals surface area contributed by atoms with Crippen LogP contribution in [-0.2, 0) is 9.84 Å². The molecule has 1 aliphatic rings. The van der Waals surface area contributed by atoms with Crippen molar-refractivity contribution in [3.8, 4) is 0 Å². The molecule has 5 nitrogen and oxygen atoms in total. The molecule has 6 heteroatoms. The van der Waals surface area contributed by atoms with Crippen molar-refractivity contribution >= 4 is 15.7 Å². The maximum absolute atomic E-state index is 12.0. The Bertz CT molecular complexity index is 549. The molecule has 0 saturated carbocycles. The summed E-state index contributed by atoms with van der Waals surface area (Å²) >= 11 is 0. The fourth-order valence-corrected chi connectivity index (χ4v) is 4.10. The molecular formula is C13H18N2O3S. The molecule has 0 aromatic carbocycles. The molecule has 2 rings (SSSR count). The molecule has 0 bridgehead atoms. The molecule has 1 aliphatic heterocycles. The molecule has 1 saturated heterocycles. The lowest BCUT2D eigenvalue weighted by atomic mass is 10.2. The van der Waals surface area contributed by atoms with E-state index in [4.69, 9.17) is 0 Å². The molecule has 104 valence electrons. The van der Waals surface area contributed by atoms with E-state index in [1.807, 2.05) is 13.8 Å². The van der Waals surface area contributed by atoms with Crippen molar-refractivity contribution < 1.29 is 13.2 Å². The molecule has 0 unspecified atom stereocenters. The van der Waals surface area contributed by atoms with Gasteiger partial charge >= 0.3 is 0 Å². The van der Waals surface area contributed by atoms with Crippen LogP contribution in [0.2, 0.25) is 0 Å². The van der Waals surface area contributed by atoms with E-state index in [2.05, 4.69) is 4.98 Å². The van der Waals surface area contributed by atoms with Gasteiger partial charge in [0.25, 0.3) is 5.91 Å². The van der Waals surface area contributed by atoms with Crippen LogP contribution >= 0.6 is 0 Å². The topological polar surface area (TPSA) is 67.3 Å². The molecule has 0 aliphatic carbocycles. The third-order valence-electron chi connectivity index (χ3n) is 3.09. The average Bonchev–Trinajstić information content (AvgIpc) is 2.25. The molecule has 0 atom stereocenters. The summed E-state index contributed by atoms with van der Waals surface area (Å²) in [4.78, 5) is 17.5. The Balaban J connectivity index is 1.95. The van der Waals surface area contributed by atoms with Crippen molar-refractivity contribution in [1.82, 2.24) is 9.88 Å². The summed E-state index contributed by atoms with van der Waals surface area (Å²) in [6.07, 6.45) is 1.56. The monoisotopic (exact) mass is 282 g/mol. The molecule has 0 N–H and O–H groups in total. The molecular weight excluding hydrogens is 264 g/mol. The van der Waals surface area contributed by atoms with Gasteiger partial charge in [-0.25, -0.2) is 8.42 Å². The number of pyridine rings is 1. The van der Waals surface area contributed by atoms with Crippen LogP contribution < -0.4 is 0 Å². The molecule has 1 amide bonds. The van der Waals surface area contributed by atoms with Crippen LogP contribution in [0.25, 0.3) is 0 Å². The summed E-state index contributed by atoms with van der Waals surface area (Å²) in [5.41, 5.74) is 0.363. The fourth-order valence-electron chi connectivity index (χ4n) is 2.08. The van der Waals surface area contributed by atoms with Gasteiger partial charge in [0, 0.05) is 19.3 Å². The Labute approximate surface area is 113 Å². The van der Waals surface area contributed by atoms with Gasteiger partial charge < -0.3 is 4.90 Å². The third-order valence-corrected chi connectivity index (χ3v) is 5.54. The van der Waals surface area contributed by atoms with E-state index >= 15 is 0 Å². The maximum atomic E-state index is 12.0. The molecule has 19 heavy (non-hydrogen) atoms. The van der Waals surface area contributed by atoms with E-state index in [0.717, 1.165) is 0 Å². The zero-order valence-corrected chi connectivity index (χ0v) is 11.9. The number of amides is 1. The molecule has 1 fully saturated rings. The minimum Gasteiger partial charge on any atom is -0.335 e. The Morgan fingerprint density at radius 1 is 1.42 bits per heavy atom. The number of carbonyl (C=O) groups excluding carboxylic acids is 1. The average molecular weight is 282 g/mol. The Kier molecular flexibility index (Phi) is 3.89. The van der Waals surface area contributed by atoms with Gasteiger partial charge in [0.15, 0.2) is 9.84 Å². The summed E-state index contributed by atoms with van der Waals surface area (Å²) in [6.45, 7) is 4.33. The lowest BCUT2D eigenvalue weighted by Crippen LogP contribution is -2.57. The molecule has 0 spiro atoms. The van der Waals surface area contributed by atoms with Crippen LogP contribution in [0.15, 0.2) is 24.4 Å². The fraction of sp³-hybridized carbons (Fsp3) is 0.538. The summed E-state index contributed by atoms with van der Waals surface area (Å²) in [5.74, 6) is 0.102. The summed E-state index contributed by atoms with van der Waals surface area (Å²) in [5, 5.41) is -0.414. The predicted octanol–water partition coefficient (Wildman–Crippen LogP) is 0.977. The van der Waals surface area contributed by atoms with Gasteiger partial charge in [0.05, 0.1) is 11.0 Å². The Morgan fingerprint density at radius 3 is 2.63 bits per heavy atom. The second-order valence-electron chi connectivity index (χ2n) is 5.27. The van der Waals surface area contributed by atoms with Crippen LogP contribution in [0, 0.1) is 5.92 Å². The smallest absolute Gasteiger partial charge is 0.272 e. The highest BCUT2D eigenvalue weighted by molar-refractivity contribution is 7.92. The molecule has 0 radical (unpaired) electrons. The maximum Gasteiger partial charge on any atom is 0.272 e. The van der Waals surface area contributed by atoms with Crippen LogP contribution in [-0.4, -0.2) is 48.3 Å². The van der Waals surface area contributed by atoms with Crippen molar-refractivity contribution in [1.29, 1.82) is 0 Å². The number of hydrogen-bond acceptors (Lipinski definition) is 4. The number of rotatable bonds is 4. The summed E-state index contributed by atoms with van der Waals surface area (Å²) in [7, 11) is -3.09. The number of sulfone groups is 1. The SMILES string of the molecule is CC(C)CS(=O)(=O)C1CN(C(=O)c2ccccn2)C1. The molecule has 1 aromatic heterocycles. The van der Waals surface area contributed by atoms with Crippen LogP contribution in [0.4, 0.5) is 0 Å². The lowest BCUT2D eigenvalue weighted by Gasteiger charge is -2.38. The number of carbonyl (C=O) groups is 1. The van der Waals surface area contributed by atoms with E-state index in [1.165, 1.54) is 4.90 Å². The Morgan fingerprint density at radius 2 is 2.11 bits per heavy atom. The van der Waals surface area contributed by atoms with Crippen molar-refractivity contribution in [2.24, 2.45) is 5.92 Å². The van der Waals surface area contributed by atoms with E-state index in [9.17, 15) is 13.2 Å². The van der Waals surface area contributed by atoms with Crippen LogP contribution in [0.1, 0.15) is 24.3 Å². The standard InChI is InChI=1S/C13H18N2O3S/c1-10(2)9-19(17,18)11-7-15(8-11)13(16)12-5-3-4-6-14-12/h3-6,10-11H,7-9H2,1-2H3. The van der Waals surface area contributed by atoms with Gasteiger partial charge in [-0.15, -0.1) is 0 Å². The summed E-state index contributed by atoms with van der Waals surface area (Å²) in [6, 6.07) is 5.12. The van der Waals surface area contributed by atoms with Crippen molar-refractivity contribution in [2.75, 3.05) is 18.8 Å². The van der Waals surface area contributed by atoms with Gasteiger partial charge in [0.1, 0.15) is 5.69 Å². The Hall–Kier alpha value is -1.43. The van der Waals surface area contributed by atoms with Crippen molar-refractivity contribution in [2.45, 2.75) is 19.1 Å². The van der Waals surface area contributed by atoms with Gasteiger partial charge in [-0.3, -0.25) is 9.78 Å². The van der Waals surface area contributed by atoms with Gasteiger partial charge in [-0.2, -0.15) is 0 Å². The summed E-state index contributed by atoms with van der Waals surface area (Å²) < 4.78 is 23.9. The van der Waals surface area contributed by atoms with E-state index in [0.29, 0.717) is 5.69 Å². The highest BCUT2D eigenvalue weighted by Gasteiger charge is 2.40. The zero-order chi connectivity index (χ0) is 14.0. The molecule has 1 aromatic rings. The van der Waals surface area contributed by atoms with Gasteiger partial charge in [-0.1, -0.05) is 19.9 Å². The second kappa shape index (κ2) is 5.28. The van der Waals surface area contributed by atoms with E-state index < -0.39 is 15.1 Å². The van der Waals surface area contributed by atoms with Crippen LogP contribution in [0.5, 0.6) is 0 Å². The van der Waals surface area contributed by atoms with Gasteiger partial charge in [-0.05, 0) is 18.1 Å². The second-order valence-corrected chi connectivity index (χ2v) is 7.60. The minimum atomic E-state index is -3.09. The number of aromatic nitrogens is 1. The number of likely N-dealkylation sites (tertiary alicyclic amines) is 1. The van der Waals surface area contributed by atoms with Crippen molar-refractivity contribution in [3.05, 3.63) is 30.1 Å². The minimum absolute atomic E-state index is 0.116. The first-order valence-corrected chi connectivity index (χ1v) is 8.03. The highest BCUT2D eigenvalue weighted by atomic mass is 32.2. The zero-order valence-electron chi connectivity index (χ0n) is 11.1. The first kappa shape index (κ1) is 14.0. The van der Waals surface area contributed by atoms with Crippen LogP contribution in [0.3, 0.4) is 0 Å². The largest absolute Gasteiger partial charge is 0.335 e. The quantitative estimate of drug-likeness (QED) is 0.825. The normalized spacial score (nSPS) is 16.5. The third kappa shape index (κ3) is 3.12. The van der Waals surface area contributed by atoms with E-state index in [-0.39, 0.29) is 30.7 Å². The van der Waals surface area contributed by atoms with E-state index in [1.54, 1.807) is 24.4 Å². The highest BCUT2D eigenvalue weighted by Crippen LogP contribution is 2.20. The number of nitrogens with zero attached hydrogens (tertiary/aromatic N) is 2. The van der Waals surface area contributed by atoms with Crippen molar-refractivity contribution in [3.63, 3.8) is 0 Å². The first-order chi connectivity index (χ1) is 8.90. The number of hydrogen-bond donors (Lipinski definition) is 0. The predicted molar refractivity (Wildman–Crippen MR) is 72.6 cm³/mol. The first-order valence-electron chi connectivity index (χ1n) is 6.32.